The van der Waals surface area contributed by atoms with Crippen molar-refractivity contribution in [2.45, 2.75) is 6.92 Å². The molecule has 23 heavy (non-hydrogen) atoms. The van der Waals surface area contributed by atoms with E-state index in [4.69, 9.17) is 10.5 Å². The highest BCUT2D eigenvalue weighted by Crippen LogP contribution is 2.26. The highest BCUT2D eigenvalue weighted by Gasteiger charge is 2.18. The van der Waals surface area contributed by atoms with E-state index in [2.05, 4.69) is 11.4 Å². The van der Waals surface area contributed by atoms with Crippen LogP contribution in [-0.2, 0) is 0 Å². The molecule has 0 fully saturated rings. The number of nitrogen functional groups attached to an aromatic ring is 1. The number of nitrogens with one attached hydrogen (secondary N) is 1. The normalized spacial score (nSPS) is 10.7. The zero-order chi connectivity index (χ0) is 16.6. The summed E-state index contributed by atoms with van der Waals surface area (Å²) in [7, 11) is 3.39. The first-order valence-electron chi connectivity index (χ1n) is 7.25. The van der Waals surface area contributed by atoms with Gasteiger partial charge in [0.15, 0.2) is 0 Å². The van der Waals surface area contributed by atoms with Gasteiger partial charge in [-0.15, -0.1) is 0 Å². The molecule has 0 aliphatic heterocycles. The van der Waals surface area contributed by atoms with Crippen molar-refractivity contribution in [1.82, 2.24) is 4.40 Å². The lowest BCUT2D eigenvalue weighted by molar-refractivity contribution is 0.103. The minimum absolute atomic E-state index is 0.0887. The smallest absolute Gasteiger partial charge is 0.210 e. The fraction of sp³-hybridized carbons (Fsp3) is 0.167. The van der Waals surface area contributed by atoms with Crippen LogP contribution in [0.2, 0.25) is 0 Å². The van der Waals surface area contributed by atoms with Crippen molar-refractivity contribution in [3.8, 4) is 5.75 Å². The molecule has 0 aliphatic carbocycles. The summed E-state index contributed by atoms with van der Waals surface area (Å²) in [4.78, 5) is 12.9. The molecule has 117 valence electrons. The first-order chi connectivity index (χ1) is 11.0. The molecule has 0 aliphatic rings. The van der Waals surface area contributed by atoms with Crippen LogP contribution in [0.25, 0.3) is 5.52 Å². The fourth-order valence-corrected chi connectivity index (χ4v) is 2.65. The summed E-state index contributed by atoms with van der Waals surface area (Å²) >= 11 is 0. The van der Waals surface area contributed by atoms with E-state index in [1.165, 1.54) is 7.11 Å². The van der Waals surface area contributed by atoms with Crippen LogP contribution >= 0.6 is 0 Å². The maximum Gasteiger partial charge on any atom is 0.210 e. The second-order valence-electron chi connectivity index (χ2n) is 5.31. The second-order valence-corrected chi connectivity index (χ2v) is 5.31. The number of ketones is 1. The molecule has 2 aromatic heterocycles. The van der Waals surface area contributed by atoms with Gasteiger partial charge < -0.3 is 20.2 Å². The lowest BCUT2D eigenvalue weighted by Crippen LogP contribution is -2.08. The monoisotopic (exact) mass is 308 g/mol. The lowest BCUT2D eigenvalue weighted by atomic mass is 10.0. The van der Waals surface area contributed by atoms with E-state index >= 15 is 0 Å². The number of anilines is 2. The van der Waals surface area contributed by atoms with Crippen LogP contribution < -0.4 is 15.8 Å². The van der Waals surface area contributed by atoms with E-state index < -0.39 is 0 Å². The van der Waals surface area contributed by atoms with Gasteiger partial charge in [-0.05, 0) is 42.8 Å². The molecule has 0 spiro atoms. The number of ether oxygens (including phenoxy) is 1. The summed E-state index contributed by atoms with van der Waals surface area (Å²) in [5.74, 6) is 0.407. The largest absolute Gasteiger partial charge is 0.495 e. The Labute approximate surface area is 134 Å². The summed E-state index contributed by atoms with van der Waals surface area (Å²) in [5, 5.41) is 3.08. The zero-order valence-corrected chi connectivity index (χ0v) is 13.3. The number of nitrogens with two attached hydrogens (primary N) is 1. The Kier molecular flexibility index (Phi) is 3.70. The number of hydrogen-bond donors (Lipinski definition) is 2. The number of aromatic nitrogens is 1. The van der Waals surface area contributed by atoms with E-state index in [0.29, 0.717) is 22.7 Å². The van der Waals surface area contributed by atoms with E-state index in [1.54, 1.807) is 18.2 Å². The minimum atomic E-state index is -0.0887. The van der Waals surface area contributed by atoms with Crippen molar-refractivity contribution in [2.75, 3.05) is 25.2 Å². The van der Waals surface area contributed by atoms with Crippen LogP contribution in [0.15, 0.2) is 36.5 Å². The quantitative estimate of drug-likeness (QED) is 0.574. The molecule has 3 aromatic rings. The maximum atomic E-state index is 12.9. The third-order valence-electron chi connectivity index (χ3n) is 3.87. The van der Waals surface area contributed by atoms with Gasteiger partial charge in [-0.1, -0.05) is 0 Å². The van der Waals surface area contributed by atoms with E-state index in [9.17, 15) is 4.79 Å². The van der Waals surface area contributed by atoms with Gasteiger partial charge in [-0.2, -0.15) is 0 Å². The second kappa shape index (κ2) is 5.68. The number of fused-ring (bicyclic) bond motifs is 1. The Morgan fingerprint density at radius 3 is 2.78 bits per heavy atom. The minimum Gasteiger partial charge on any atom is -0.495 e. The molecular weight excluding hydrogens is 290 g/mol. The van der Waals surface area contributed by atoms with Crippen LogP contribution in [0.5, 0.6) is 5.75 Å². The molecule has 0 saturated heterocycles. The number of methoxy groups -OCH3 is 1. The van der Waals surface area contributed by atoms with E-state index in [0.717, 1.165) is 16.8 Å². The Bertz CT molecular complexity index is 897. The molecule has 0 bridgehead atoms. The molecule has 2 heterocycles. The first kappa shape index (κ1) is 15.0. The van der Waals surface area contributed by atoms with Gasteiger partial charge in [0.05, 0.1) is 24.0 Å². The standard InChI is InChI=1S/C18H18N3O2/c1-11-8-14-10-13(20-2)6-7-21(14)17(11)18(22)12-4-5-15(19)16(9-12)23-3/h4-7,9-10,20H,19H2,1-3H3. The summed E-state index contributed by atoms with van der Waals surface area (Å²) in [6.45, 7) is 1.88. The summed E-state index contributed by atoms with van der Waals surface area (Å²) in [6.07, 6.45) is 1.87. The number of rotatable bonds is 4. The van der Waals surface area contributed by atoms with E-state index in [-0.39, 0.29) is 5.78 Å². The molecule has 5 nitrogen and oxygen atoms in total. The Morgan fingerprint density at radius 2 is 2.09 bits per heavy atom. The van der Waals surface area contributed by atoms with Crippen molar-refractivity contribution in [2.24, 2.45) is 0 Å². The van der Waals surface area contributed by atoms with Gasteiger partial charge in [0.1, 0.15) is 5.75 Å². The Morgan fingerprint density at radius 1 is 1.30 bits per heavy atom. The molecular formula is C18H18N3O2. The number of hydrogen-bond acceptors (Lipinski definition) is 4. The molecule has 3 rings (SSSR count). The molecule has 0 atom stereocenters. The average molecular weight is 308 g/mol. The topological polar surface area (TPSA) is 68.8 Å². The summed E-state index contributed by atoms with van der Waals surface area (Å²) in [5.41, 5.74) is 10.1. The van der Waals surface area contributed by atoms with Gasteiger partial charge in [0, 0.05) is 30.6 Å². The molecule has 0 amide bonds. The lowest BCUT2D eigenvalue weighted by Gasteiger charge is -2.08. The highest BCUT2D eigenvalue weighted by molar-refractivity contribution is 6.10. The highest BCUT2D eigenvalue weighted by atomic mass is 16.5. The van der Waals surface area contributed by atoms with Crippen molar-refractivity contribution in [3.63, 3.8) is 0 Å². The summed E-state index contributed by atoms with van der Waals surface area (Å²) in [6, 6.07) is 12.2. The van der Waals surface area contributed by atoms with Crippen LogP contribution in [0.4, 0.5) is 11.4 Å². The van der Waals surface area contributed by atoms with Gasteiger partial charge in [0.25, 0.3) is 0 Å². The summed E-state index contributed by atoms with van der Waals surface area (Å²) < 4.78 is 7.05. The van der Waals surface area contributed by atoms with Crippen LogP contribution in [0.1, 0.15) is 21.6 Å². The number of benzene rings is 1. The number of carbonyl (C=O) groups is 1. The maximum absolute atomic E-state index is 12.9. The average Bonchev–Trinajstić information content (AvgIpc) is 2.89. The molecule has 3 N–H and O–H groups in total. The zero-order valence-electron chi connectivity index (χ0n) is 13.3. The molecule has 0 saturated carbocycles. The van der Waals surface area contributed by atoms with Crippen molar-refractivity contribution in [1.29, 1.82) is 0 Å². The molecule has 1 aromatic carbocycles. The number of aryl methyl sites for hydroxylation is 1. The van der Waals surface area contributed by atoms with Crippen LogP contribution in [0.3, 0.4) is 0 Å². The van der Waals surface area contributed by atoms with Crippen molar-refractivity contribution >= 4 is 22.7 Å². The SMILES string of the molecule is CNc1ccn2c(C(=O)c3ccc(N)c(OC)c3)c(C)[c]c2c1. The van der Waals surface area contributed by atoms with Crippen molar-refractivity contribution in [3.05, 3.63) is 59.4 Å². The Hall–Kier alpha value is -2.95. The third kappa shape index (κ3) is 2.50. The van der Waals surface area contributed by atoms with Crippen LogP contribution in [-0.4, -0.2) is 24.3 Å². The Balaban J connectivity index is 2.12. The number of pyridine rings is 1. The van der Waals surface area contributed by atoms with Gasteiger partial charge in [0.2, 0.25) is 5.78 Å². The van der Waals surface area contributed by atoms with Gasteiger partial charge in [-0.25, -0.2) is 0 Å². The molecule has 0 unspecified atom stereocenters. The molecule has 1 radical (unpaired) electrons. The third-order valence-corrected chi connectivity index (χ3v) is 3.87. The number of carbonyl (C=O) groups excluding carboxylic acids is 1. The van der Waals surface area contributed by atoms with Gasteiger partial charge in [-0.3, -0.25) is 4.79 Å². The predicted octanol–water partition coefficient (Wildman–Crippen LogP) is 2.91. The molecule has 5 heteroatoms. The fourth-order valence-electron chi connectivity index (χ4n) is 2.65. The number of nitrogens with zero attached hydrogens (tertiary/aromatic N) is 1. The van der Waals surface area contributed by atoms with E-state index in [1.807, 2.05) is 36.7 Å². The first-order valence-corrected chi connectivity index (χ1v) is 7.25. The van der Waals surface area contributed by atoms with Crippen LogP contribution in [0, 0.1) is 13.0 Å². The van der Waals surface area contributed by atoms with Crippen molar-refractivity contribution < 1.29 is 9.53 Å². The predicted molar refractivity (Wildman–Crippen MR) is 91.4 cm³/mol. The van der Waals surface area contributed by atoms with Gasteiger partial charge >= 0.3 is 0 Å².